The first-order valence-corrected chi connectivity index (χ1v) is 8.46. The molecular weight excluding hydrogens is 304 g/mol. The number of aliphatic carboxylic acids is 1. The van der Waals surface area contributed by atoms with E-state index in [0.717, 1.165) is 35.0 Å². The fraction of sp³-hybridized carbons (Fsp3) is 0.421. The largest absolute Gasteiger partial charge is 0.481 e. The normalized spacial score (nSPS) is 20.5. The molecule has 1 atom stereocenters. The Hall–Kier alpha value is -2.43. The summed E-state index contributed by atoms with van der Waals surface area (Å²) in [7, 11) is 0. The Balaban J connectivity index is 1.75. The smallest absolute Gasteiger partial charge is 0.308 e. The molecule has 1 aromatic carbocycles. The molecule has 4 rings (SSSR count). The van der Waals surface area contributed by atoms with E-state index >= 15 is 0 Å². The molecule has 2 aliphatic rings. The van der Waals surface area contributed by atoms with E-state index in [-0.39, 0.29) is 5.91 Å². The standard InChI is InChI=1S/C19H20N2O3/c1-11-2-5-16-14(8-11)15(9-17(20-16)12-3-4-12)18(22)21-7-6-13(10-21)19(23)24/h2,5,8-9,12-13H,3-4,6-7,10H2,1H3,(H,23,24). The van der Waals surface area contributed by atoms with Crippen LogP contribution in [-0.2, 0) is 4.79 Å². The van der Waals surface area contributed by atoms with Gasteiger partial charge in [0, 0.05) is 30.1 Å². The number of carboxylic acids is 1. The van der Waals surface area contributed by atoms with Crippen molar-refractivity contribution in [2.45, 2.75) is 32.1 Å². The zero-order valence-electron chi connectivity index (χ0n) is 13.7. The molecule has 1 aliphatic heterocycles. The molecule has 2 fully saturated rings. The number of carbonyl (C=O) groups excluding carboxylic acids is 1. The summed E-state index contributed by atoms with van der Waals surface area (Å²) in [5.74, 6) is -0.877. The summed E-state index contributed by atoms with van der Waals surface area (Å²) in [5, 5.41) is 10.0. The summed E-state index contributed by atoms with van der Waals surface area (Å²) in [6.07, 6.45) is 2.78. The van der Waals surface area contributed by atoms with Crippen LogP contribution in [0.15, 0.2) is 24.3 Å². The fourth-order valence-corrected chi connectivity index (χ4v) is 3.44. The highest BCUT2D eigenvalue weighted by atomic mass is 16.4. The number of carboxylic acid groups (broad SMARTS) is 1. The molecule has 0 bridgehead atoms. The average Bonchev–Trinajstić information content (AvgIpc) is 3.29. The first-order chi connectivity index (χ1) is 11.5. The van der Waals surface area contributed by atoms with Gasteiger partial charge in [0.05, 0.1) is 17.0 Å². The molecule has 0 radical (unpaired) electrons. The number of fused-ring (bicyclic) bond motifs is 1. The van der Waals surface area contributed by atoms with Crippen LogP contribution in [0.4, 0.5) is 0 Å². The molecule has 1 amide bonds. The Labute approximate surface area is 140 Å². The number of carbonyl (C=O) groups is 2. The highest BCUT2D eigenvalue weighted by Gasteiger charge is 2.33. The summed E-state index contributed by atoms with van der Waals surface area (Å²) >= 11 is 0. The number of aryl methyl sites for hydroxylation is 1. The maximum absolute atomic E-state index is 13.0. The lowest BCUT2D eigenvalue weighted by atomic mass is 10.0. The predicted octanol–water partition coefficient (Wildman–Crippen LogP) is 2.97. The molecule has 124 valence electrons. The first-order valence-electron chi connectivity index (χ1n) is 8.46. The van der Waals surface area contributed by atoms with Gasteiger partial charge in [-0.25, -0.2) is 0 Å². The maximum Gasteiger partial charge on any atom is 0.308 e. The molecule has 1 saturated heterocycles. The van der Waals surface area contributed by atoms with Crippen LogP contribution in [0.3, 0.4) is 0 Å². The zero-order valence-corrected chi connectivity index (χ0v) is 13.7. The van der Waals surface area contributed by atoms with Crippen LogP contribution >= 0.6 is 0 Å². The van der Waals surface area contributed by atoms with Crippen LogP contribution in [0.25, 0.3) is 10.9 Å². The van der Waals surface area contributed by atoms with Crippen molar-refractivity contribution in [1.29, 1.82) is 0 Å². The molecule has 2 heterocycles. The number of likely N-dealkylation sites (tertiary alicyclic amines) is 1. The van der Waals surface area contributed by atoms with Crippen LogP contribution < -0.4 is 0 Å². The van der Waals surface area contributed by atoms with Crippen molar-refractivity contribution in [2.24, 2.45) is 5.92 Å². The summed E-state index contributed by atoms with van der Waals surface area (Å²) in [6.45, 7) is 2.80. The second kappa shape index (κ2) is 5.58. The molecule has 1 unspecified atom stereocenters. The van der Waals surface area contributed by atoms with E-state index in [1.807, 2.05) is 31.2 Å². The van der Waals surface area contributed by atoms with Crippen LogP contribution in [-0.4, -0.2) is 40.0 Å². The summed E-state index contributed by atoms with van der Waals surface area (Å²) < 4.78 is 0. The molecule has 1 N–H and O–H groups in total. The monoisotopic (exact) mass is 324 g/mol. The minimum Gasteiger partial charge on any atom is -0.481 e. The van der Waals surface area contributed by atoms with E-state index in [4.69, 9.17) is 10.1 Å². The number of pyridine rings is 1. The lowest BCUT2D eigenvalue weighted by Gasteiger charge is -2.18. The Bertz CT molecular complexity index is 842. The van der Waals surface area contributed by atoms with Crippen molar-refractivity contribution in [2.75, 3.05) is 13.1 Å². The Kier molecular flexibility index (Phi) is 3.52. The molecular formula is C19H20N2O3. The number of amides is 1. The highest BCUT2D eigenvalue weighted by Crippen LogP contribution is 2.40. The topological polar surface area (TPSA) is 70.5 Å². The molecule has 0 spiro atoms. The quantitative estimate of drug-likeness (QED) is 0.942. The van der Waals surface area contributed by atoms with Crippen molar-refractivity contribution in [3.63, 3.8) is 0 Å². The Morgan fingerprint density at radius 3 is 2.67 bits per heavy atom. The third-order valence-corrected chi connectivity index (χ3v) is 5.03. The average molecular weight is 324 g/mol. The molecule has 5 heteroatoms. The van der Waals surface area contributed by atoms with Gasteiger partial charge in [-0.2, -0.15) is 0 Å². The van der Waals surface area contributed by atoms with Crippen molar-refractivity contribution in [3.05, 3.63) is 41.1 Å². The van der Waals surface area contributed by atoms with Crippen LogP contribution in [0.2, 0.25) is 0 Å². The van der Waals surface area contributed by atoms with Gasteiger partial charge >= 0.3 is 5.97 Å². The summed E-state index contributed by atoms with van der Waals surface area (Å²) in [6, 6.07) is 7.90. The number of rotatable bonds is 3. The number of hydrogen-bond acceptors (Lipinski definition) is 3. The molecule has 1 aromatic heterocycles. The molecule has 1 aliphatic carbocycles. The second-order valence-electron chi connectivity index (χ2n) is 6.96. The first kappa shape index (κ1) is 15.1. The van der Waals surface area contributed by atoms with Gasteiger partial charge in [0.15, 0.2) is 0 Å². The Morgan fingerprint density at radius 1 is 1.21 bits per heavy atom. The fourth-order valence-electron chi connectivity index (χ4n) is 3.44. The van der Waals surface area contributed by atoms with Gasteiger partial charge in [-0.3, -0.25) is 14.6 Å². The predicted molar refractivity (Wildman–Crippen MR) is 90.1 cm³/mol. The van der Waals surface area contributed by atoms with E-state index in [0.29, 0.717) is 31.0 Å². The van der Waals surface area contributed by atoms with E-state index in [1.54, 1.807) is 4.90 Å². The lowest BCUT2D eigenvalue weighted by Crippen LogP contribution is -2.30. The molecule has 1 saturated carbocycles. The Morgan fingerprint density at radius 2 is 2.00 bits per heavy atom. The number of aromatic nitrogens is 1. The number of nitrogens with zero attached hydrogens (tertiary/aromatic N) is 2. The minimum absolute atomic E-state index is 0.0707. The number of hydrogen-bond donors (Lipinski definition) is 1. The minimum atomic E-state index is -0.820. The van der Waals surface area contributed by atoms with Gasteiger partial charge in [0.2, 0.25) is 0 Å². The van der Waals surface area contributed by atoms with Crippen molar-refractivity contribution < 1.29 is 14.7 Å². The van der Waals surface area contributed by atoms with Crippen LogP contribution in [0.5, 0.6) is 0 Å². The summed E-state index contributed by atoms with van der Waals surface area (Å²) in [4.78, 5) is 30.6. The molecule has 2 aromatic rings. The van der Waals surface area contributed by atoms with Gasteiger partial charge in [0.25, 0.3) is 5.91 Å². The van der Waals surface area contributed by atoms with Gasteiger partial charge in [-0.15, -0.1) is 0 Å². The third-order valence-electron chi connectivity index (χ3n) is 5.03. The third kappa shape index (κ3) is 2.64. The lowest BCUT2D eigenvalue weighted by molar-refractivity contribution is -0.141. The van der Waals surface area contributed by atoms with Gasteiger partial charge < -0.3 is 10.0 Å². The van der Waals surface area contributed by atoms with Crippen LogP contribution in [0, 0.1) is 12.8 Å². The van der Waals surface area contributed by atoms with Crippen LogP contribution in [0.1, 0.15) is 46.8 Å². The highest BCUT2D eigenvalue weighted by molar-refractivity contribution is 6.06. The van der Waals surface area contributed by atoms with Crippen molar-refractivity contribution >= 4 is 22.8 Å². The van der Waals surface area contributed by atoms with Crippen molar-refractivity contribution in [3.8, 4) is 0 Å². The van der Waals surface area contributed by atoms with E-state index in [2.05, 4.69) is 0 Å². The van der Waals surface area contributed by atoms with Gasteiger partial charge in [-0.1, -0.05) is 11.6 Å². The van der Waals surface area contributed by atoms with E-state index in [9.17, 15) is 9.59 Å². The van der Waals surface area contributed by atoms with Gasteiger partial charge in [0.1, 0.15) is 0 Å². The second-order valence-corrected chi connectivity index (χ2v) is 6.96. The number of benzene rings is 1. The van der Waals surface area contributed by atoms with E-state index in [1.165, 1.54) is 0 Å². The van der Waals surface area contributed by atoms with Crippen molar-refractivity contribution in [1.82, 2.24) is 9.88 Å². The zero-order chi connectivity index (χ0) is 16.8. The van der Waals surface area contributed by atoms with Gasteiger partial charge in [-0.05, 0) is 44.4 Å². The van der Waals surface area contributed by atoms with E-state index < -0.39 is 11.9 Å². The maximum atomic E-state index is 13.0. The molecule has 24 heavy (non-hydrogen) atoms. The molecule has 5 nitrogen and oxygen atoms in total. The summed E-state index contributed by atoms with van der Waals surface area (Å²) in [5.41, 5.74) is 3.59. The SMILES string of the molecule is Cc1ccc2nc(C3CC3)cc(C(=O)N3CCC(C(=O)O)C3)c2c1.